The molecule has 0 aliphatic rings. The third-order valence-corrected chi connectivity index (χ3v) is 4.98. The number of hydrogen-bond donors (Lipinski definition) is 1. The average Bonchev–Trinajstić information content (AvgIpc) is 2.57. The predicted octanol–water partition coefficient (Wildman–Crippen LogP) is 5.33. The van der Waals surface area contributed by atoms with Crippen molar-refractivity contribution in [2.45, 2.75) is 19.6 Å². The van der Waals surface area contributed by atoms with Gasteiger partial charge in [-0.15, -0.1) is 11.8 Å². The van der Waals surface area contributed by atoms with Crippen LogP contribution in [0.5, 0.6) is 0 Å². The fourth-order valence-corrected chi connectivity index (χ4v) is 3.51. The Hall–Kier alpha value is -2.26. The van der Waals surface area contributed by atoms with Crippen molar-refractivity contribution in [3.05, 3.63) is 77.4 Å². The van der Waals surface area contributed by atoms with E-state index in [0.717, 1.165) is 17.0 Å². The Morgan fingerprint density at radius 3 is 2.54 bits per heavy atom. The highest BCUT2D eigenvalue weighted by atomic mass is 32.2. The first kappa shape index (κ1) is 16.6. The lowest BCUT2D eigenvalue weighted by atomic mass is 10.1. The number of hydrogen-bond acceptors (Lipinski definition) is 2. The summed E-state index contributed by atoms with van der Waals surface area (Å²) in [5, 5.41) is 5.49. The normalized spacial score (nSPS) is 10.8. The van der Waals surface area contributed by atoms with Gasteiger partial charge in [0.2, 0.25) is 5.91 Å². The molecule has 0 saturated heterocycles. The number of rotatable bonds is 5. The Morgan fingerprint density at radius 1 is 0.958 bits per heavy atom. The Balaban J connectivity index is 1.54. The zero-order valence-corrected chi connectivity index (χ0v) is 14.8. The van der Waals surface area contributed by atoms with E-state index in [2.05, 4.69) is 54.7 Å². The Labute approximate surface area is 147 Å². The standard InChI is InChI=1S/C21H21NOS/c1-15-7-10-20(16(2)11-15)22-21(23)14-24-13-17-8-9-18-5-3-4-6-19(18)12-17/h3-12H,13-14H2,1-2H3,(H,22,23). The summed E-state index contributed by atoms with van der Waals surface area (Å²) in [5.74, 6) is 1.35. The summed E-state index contributed by atoms with van der Waals surface area (Å²) >= 11 is 1.64. The van der Waals surface area contributed by atoms with Gasteiger partial charge in [-0.2, -0.15) is 0 Å². The van der Waals surface area contributed by atoms with Crippen LogP contribution in [-0.4, -0.2) is 11.7 Å². The maximum atomic E-state index is 12.1. The quantitative estimate of drug-likeness (QED) is 0.683. The molecule has 3 aromatic rings. The first-order valence-corrected chi connectivity index (χ1v) is 9.20. The van der Waals surface area contributed by atoms with Crippen molar-refractivity contribution in [3.63, 3.8) is 0 Å². The van der Waals surface area contributed by atoms with Crippen molar-refractivity contribution in [2.24, 2.45) is 0 Å². The van der Waals surface area contributed by atoms with Gasteiger partial charge in [-0.25, -0.2) is 0 Å². The predicted molar refractivity (Wildman–Crippen MR) is 105 cm³/mol. The van der Waals surface area contributed by atoms with Crippen LogP contribution in [0.3, 0.4) is 0 Å². The van der Waals surface area contributed by atoms with Crippen LogP contribution in [0.25, 0.3) is 10.8 Å². The van der Waals surface area contributed by atoms with Crippen LogP contribution in [0.15, 0.2) is 60.7 Å². The fourth-order valence-electron chi connectivity index (χ4n) is 2.73. The molecule has 0 bridgehead atoms. The Kier molecular flexibility index (Phi) is 5.21. The van der Waals surface area contributed by atoms with Crippen molar-refractivity contribution < 1.29 is 4.79 Å². The van der Waals surface area contributed by atoms with Crippen LogP contribution >= 0.6 is 11.8 Å². The highest BCUT2D eigenvalue weighted by Crippen LogP contribution is 2.20. The fraction of sp³-hybridized carbons (Fsp3) is 0.190. The molecule has 0 radical (unpaired) electrons. The lowest BCUT2D eigenvalue weighted by Gasteiger charge is -2.09. The molecule has 24 heavy (non-hydrogen) atoms. The highest BCUT2D eigenvalue weighted by Gasteiger charge is 2.05. The molecule has 3 rings (SSSR count). The number of benzene rings is 3. The molecule has 2 nitrogen and oxygen atoms in total. The largest absolute Gasteiger partial charge is 0.325 e. The molecule has 0 spiro atoms. The molecule has 0 unspecified atom stereocenters. The summed E-state index contributed by atoms with van der Waals surface area (Å²) in [6, 6.07) is 20.9. The van der Waals surface area contributed by atoms with Crippen molar-refractivity contribution in [1.29, 1.82) is 0 Å². The first-order valence-electron chi connectivity index (χ1n) is 8.04. The second-order valence-corrected chi connectivity index (χ2v) is 7.03. The smallest absolute Gasteiger partial charge is 0.234 e. The maximum Gasteiger partial charge on any atom is 0.234 e. The molecular weight excluding hydrogens is 314 g/mol. The zero-order chi connectivity index (χ0) is 16.9. The van der Waals surface area contributed by atoms with E-state index >= 15 is 0 Å². The first-order chi connectivity index (χ1) is 11.6. The highest BCUT2D eigenvalue weighted by molar-refractivity contribution is 7.99. The van der Waals surface area contributed by atoms with Gasteiger partial charge in [0.15, 0.2) is 0 Å². The van der Waals surface area contributed by atoms with Gasteiger partial charge in [0, 0.05) is 11.4 Å². The SMILES string of the molecule is Cc1ccc(NC(=O)CSCc2ccc3ccccc3c2)c(C)c1. The van der Waals surface area contributed by atoms with Gasteiger partial charge in [-0.05, 0) is 41.8 Å². The van der Waals surface area contributed by atoms with Crippen LogP contribution in [0.1, 0.15) is 16.7 Å². The third kappa shape index (κ3) is 4.18. The van der Waals surface area contributed by atoms with Gasteiger partial charge in [0.25, 0.3) is 0 Å². The molecular formula is C21H21NOS. The van der Waals surface area contributed by atoms with E-state index < -0.39 is 0 Å². The van der Waals surface area contributed by atoms with Gasteiger partial charge < -0.3 is 5.32 Å². The van der Waals surface area contributed by atoms with Gasteiger partial charge in [0.05, 0.1) is 5.75 Å². The van der Waals surface area contributed by atoms with E-state index in [1.54, 1.807) is 11.8 Å². The number of anilines is 1. The van der Waals surface area contributed by atoms with E-state index in [9.17, 15) is 4.79 Å². The minimum Gasteiger partial charge on any atom is -0.325 e. The molecule has 0 heterocycles. The van der Waals surface area contributed by atoms with Crippen LogP contribution in [-0.2, 0) is 10.5 Å². The Morgan fingerprint density at radius 2 is 1.75 bits per heavy atom. The Bertz CT molecular complexity index is 873. The number of fused-ring (bicyclic) bond motifs is 1. The van der Waals surface area contributed by atoms with E-state index in [4.69, 9.17) is 0 Å². The topological polar surface area (TPSA) is 29.1 Å². The minimum atomic E-state index is 0.0488. The van der Waals surface area contributed by atoms with E-state index in [1.807, 2.05) is 25.1 Å². The second-order valence-electron chi connectivity index (χ2n) is 6.04. The van der Waals surface area contributed by atoms with Gasteiger partial charge in [-0.3, -0.25) is 4.79 Å². The summed E-state index contributed by atoms with van der Waals surface area (Å²) < 4.78 is 0. The molecule has 0 aromatic heterocycles. The molecule has 122 valence electrons. The summed E-state index contributed by atoms with van der Waals surface area (Å²) in [6.07, 6.45) is 0. The van der Waals surface area contributed by atoms with Gasteiger partial charge >= 0.3 is 0 Å². The molecule has 0 aliphatic heterocycles. The van der Waals surface area contributed by atoms with Crippen molar-refractivity contribution in [2.75, 3.05) is 11.1 Å². The van der Waals surface area contributed by atoms with E-state index in [-0.39, 0.29) is 5.91 Å². The zero-order valence-electron chi connectivity index (χ0n) is 14.0. The van der Waals surface area contributed by atoms with Crippen LogP contribution in [0, 0.1) is 13.8 Å². The van der Waals surface area contributed by atoms with Crippen molar-refractivity contribution in [1.82, 2.24) is 0 Å². The summed E-state index contributed by atoms with van der Waals surface area (Å²) in [6.45, 7) is 4.07. The molecule has 0 fully saturated rings. The molecule has 0 saturated carbocycles. The molecule has 3 heteroatoms. The van der Waals surface area contributed by atoms with Crippen LogP contribution in [0.4, 0.5) is 5.69 Å². The van der Waals surface area contributed by atoms with Crippen LogP contribution in [0.2, 0.25) is 0 Å². The summed E-state index contributed by atoms with van der Waals surface area (Å²) in [4.78, 5) is 12.1. The van der Waals surface area contributed by atoms with Gasteiger partial charge in [-0.1, -0.05) is 60.2 Å². The van der Waals surface area contributed by atoms with Crippen LogP contribution < -0.4 is 5.32 Å². The molecule has 1 N–H and O–H groups in total. The average molecular weight is 335 g/mol. The number of amides is 1. The summed E-state index contributed by atoms with van der Waals surface area (Å²) in [5.41, 5.74) is 4.45. The minimum absolute atomic E-state index is 0.0488. The number of carbonyl (C=O) groups is 1. The van der Waals surface area contributed by atoms with Crippen molar-refractivity contribution in [3.8, 4) is 0 Å². The third-order valence-electron chi connectivity index (χ3n) is 3.97. The number of aryl methyl sites for hydroxylation is 2. The number of nitrogens with one attached hydrogen (secondary N) is 1. The summed E-state index contributed by atoms with van der Waals surface area (Å²) in [7, 11) is 0. The molecule has 0 atom stereocenters. The lowest BCUT2D eigenvalue weighted by Crippen LogP contribution is -2.15. The monoisotopic (exact) mass is 335 g/mol. The molecule has 0 aliphatic carbocycles. The number of thioether (sulfide) groups is 1. The van der Waals surface area contributed by atoms with E-state index in [1.165, 1.54) is 21.9 Å². The lowest BCUT2D eigenvalue weighted by molar-refractivity contribution is -0.113. The van der Waals surface area contributed by atoms with Gasteiger partial charge in [0.1, 0.15) is 0 Å². The molecule has 1 amide bonds. The maximum absolute atomic E-state index is 12.1. The number of carbonyl (C=O) groups excluding carboxylic acids is 1. The van der Waals surface area contributed by atoms with Crippen molar-refractivity contribution >= 4 is 34.1 Å². The molecule has 3 aromatic carbocycles. The second kappa shape index (κ2) is 7.54. The van der Waals surface area contributed by atoms with E-state index in [0.29, 0.717) is 5.75 Å².